The van der Waals surface area contributed by atoms with Gasteiger partial charge in [-0.15, -0.1) is 0 Å². The van der Waals surface area contributed by atoms with Gasteiger partial charge in [0.1, 0.15) is 0 Å². The van der Waals surface area contributed by atoms with Crippen LogP contribution in [-0.4, -0.2) is 6.11 Å². The molecule has 2 aromatic rings. The highest BCUT2D eigenvalue weighted by Crippen LogP contribution is 2.39. The van der Waals surface area contributed by atoms with Crippen LogP contribution in [0.1, 0.15) is 93.1 Å². The lowest BCUT2D eigenvalue weighted by atomic mass is 9.77. The van der Waals surface area contributed by atoms with Crippen LogP contribution in [0, 0.1) is 5.92 Å². The summed E-state index contributed by atoms with van der Waals surface area (Å²) in [5.74, 6) is 1.33. The first-order valence-corrected chi connectivity index (χ1v) is 13.0. The molecule has 1 aliphatic carbocycles. The van der Waals surface area contributed by atoms with Crippen molar-refractivity contribution in [3.05, 3.63) is 95.1 Å². The molecule has 1 unspecified atom stereocenters. The fraction of sp³-hybridized carbons (Fsp3) is 0.484. The molecule has 35 heavy (non-hydrogen) atoms. The Balaban J connectivity index is 1.48. The molecule has 1 nitrogen and oxygen atoms in total. The Labute approximate surface area is 209 Å². The Hall–Kier alpha value is -2.33. The molecule has 0 bridgehead atoms. The van der Waals surface area contributed by atoms with Crippen molar-refractivity contribution in [2.75, 3.05) is 0 Å². The van der Waals surface area contributed by atoms with E-state index in [1.54, 1.807) is 12.1 Å². The highest BCUT2D eigenvalue weighted by atomic mass is 19.3. The molecule has 0 aromatic heterocycles. The summed E-state index contributed by atoms with van der Waals surface area (Å²) in [6.07, 6.45) is 10.9. The number of hydrogen-bond acceptors (Lipinski definition) is 1. The van der Waals surface area contributed by atoms with Crippen LogP contribution in [0.5, 0.6) is 0 Å². The van der Waals surface area contributed by atoms with E-state index < -0.39 is 12.3 Å². The molecular weight excluding hydrogens is 445 g/mol. The van der Waals surface area contributed by atoms with Gasteiger partial charge >= 0.3 is 6.11 Å². The Morgan fingerprint density at radius 3 is 2.09 bits per heavy atom. The molecular formula is C31H39F3O. The minimum Gasteiger partial charge on any atom is -0.313 e. The van der Waals surface area contributed by atoms with Crippen LogP contribution < -0.4 is 0 Å². The summed E-state index contributed by atoms with van der Waals surface area (Å²) in [5, 5.41) is 0. The average Bonchev–Trinajstić information content (AvgIpc) is 2.88. The van der Waals surface area contributed by atoms with E-state index in [9.17, 15) is 13.2 Å². The smallest absolute Gasteiger partial charge is 0.313 e. The molecule has 4 heteroatoms. The van der Waals surface area contributed by atoms with Crippen molar-refractivity contribution in [1.29, 1.82) is 0 Å². The summed E-state index contributed by atoms with van der Waals surface area (Å²) >= 11 is 0. The lowest BCUT2D eigenvalue weighted by Crippen LogP contribution is -2.27. The molecule has 0 amide bonds. The molecule has 0 heterocycles. The van der Waals surface area contributed by atoms with E-state index in [1.165, 1.54) is 49.8 Å². The van der Waals surface area contributed by atoms with Crippen molar-refractivity contribution in [1.82, 2.24) is 0 Å². The maximum absolute atomic E-state index is 14.6. The van der Waals surface area contributed by atoms with Gasteiger partial charge in [-0.2, -0.15) is 8.78 Å². The summed E-state index contributed by atoms with van der Waals surface area (Å²) in [6.45, 7) is 3.69. The Morgan fingerprint density at radius 2 is 1.46 bits per heavy atom. The minimum atomic E-state index is -3.89. The zero-order valence-electron chi connectivity index (χ0n) is 21.1. The van der Waals surface area contributed by atoms with Gasteiger partial charge in [0.05, 0.1) is 6.61 Å². The van der Waals surface area contributed by atoms with Crippen molar-refractivity contribution in [2.45, 2.75) is 90.0 Å². The van der Waals surface area contributed by atoms with Gasteiger partial charge in [0.25, 0.3) is 0 Å². The van der Waals surface area contributed by atoms with Crippen molar-refractivity contribution in [3.63, 3.8) is 0 Å². The third kappa shape index (κ3) is 8.38. The number of ether oxygens (including phenoxy) is 1. The Bertz CT molecular complexity index is 923. The highest BCUT2D eigenvalue weighted by Gasteiger charge is 2.42. The second kappa shape index (κ2) is 13.7. The van der Waals surface area contributed by atoms with E-state index in [1.807, 2.05) is 43.3 Å². The maximum atomic E-state index is 14.6. The summed E-state index contributed by atoms with van der Waals surface area (Å²) in [7, 11) is 0. The van der Waals surface area contributed by atoms with Gasteiger partial charge in [-0.25, -0.2) is 4.39 Å². The monoisotopic (exact) mass is 484 g/mol. The van der Waals surface area contributed by atoms with Gasteiger partial charge in [-0.05, 0) is 99.3 Å². The third-order valence-corrected chi connectivity index (χ3v) is 7.11. The van der Waals surface area contributed by atoms with Gasteiger partial charge in [-0.3, -0.25) is 0 Å². The van der Waals surface area contributed by atoms with Gasteiger partial charge in [0.2, 0.25) is 6.17 Å². The summed E-state index contributed by atoms with van der Waals surface area (Å²) in [5.41, 5.74) is 2.80. The van der Waals surface area contributed by atoms with Crippen molar-refractivity contribution in [2.24, 2.45) is 5.92 Å². The quantitative estimate of drug-likeness (QED) is 0.272. The Morgan fingerprint density at radius 1 is 0.857 bits per heavy atom. The standard InChI is InChI=1S/C31H39F3O/c1-3-5-7-9-24-11-17-27(18-12-24)28-19-15-26(16-20-28)23-35-31(33,34)30(32)29-21-13-25(14-22-29)10-8-6-4-2/h3-6,13-16,19-22,24,27,30H,7-12,17-18,23H2,1-2H3. The molecule has 0 radical (unpaired) electrons. The summed E-state index contributed by atoms with van der Waals surface area (Å²) in [6, 6.07) is 14.0. The maximum Gasteiger partial charge on any atom is 0.391 e. The lowest BCUT2D eigenvalue weighted by molar-refractivity contribution is -0.282. The highest BCUT2D eigenvalue weighted by molar-refractivity contribution is 5.27. The number of aryl methyl sites for hydroxylation is 1. The van der Waals surface area contributed by atoms with Crippen molar-refractivity contribution < 1.29 is 17.9 Å². The predicted molar refractivity (Wildman–Crippen MR) is 138 cm³/mol. The number of benzene rings is 2. The first kappa shape index (κ1) is 27.3. The van der Waals surface area contributed by atoms with Crippen molar-refractivity contribution in [3.8, 4) is 0 Å². The predicted octanol–water partition coefficient (Wildman–Crippen LogP) is 9.65. The first-order chi connectivity index (χ1) is 16.9. The second-order valence-electron chi connectivity index (χ2n) is 9.67. The molecule has 0 N–H and O–H groups in total. The van der Waals surface area contributed by atoms with E-state index in [2.05, 4.69) is 19.1 Å². The number of hydrogen-bond donors (Lipinski definition) is 0. The molecule has 0 saturated heterocycles. The molecule has 1 fully saturated rings. The fourth-order valence-electron chi connectivity index (χ4n) is 4.89. The first-order valence-electron chi connectivity index (χ1n) is 13.0. The van der Waals surface area contributed by atoms with Gasteiger partial charge < -0.3 is 4.74 Å². The third-order valence-electron chi connectivity index (χ3n) is 7.11. The largest absolute Gasteiger partial charge is 0.391 e. The molecule has 3 rings (SSSR count). The topological polar surface area (TPSA) is 9.23 Å². The minimum absolute atomic E-state index is 0.0681. The number of allylic oxidation sites excluding steroid dienone is 4. The summed E-state index contributed by atoms with van der Waals surface area (Å²) < 4.78 is 48.3. The molecule has 1 aliphatic rings. The second-order valence-corrected chi connectivity index (χ2v) is 9.67. The molecule has 1 atom stereocenters. The Kier molecular flexibility index (Phi) is 10.7. The fourth-order valence-corrected chi connectivity index (χ4v) is 4.89. The van der Waals surface area contributed by atoms with E-state index in [-0.39, 0.29) is 12.2 Å². The summed E-state index contributed by atoms with van der Waals surface area (Å²) in [4.78, 5) is 0. The van der Waals surface area contributed by atoms with E-state index >= 15 is 0 Å². The molecule has 2 aromatic carbocycles. The van der Waals surface area contributed by atoms with Crippen LogP contribution in [0.2, 0.25) is 0 Å². The van der Waals surface area contributed by atoms with Crippen LogP contribution in [0.15, 0.2) is 72.8 Å². The zero-order valence-corrected chi connectivity index (χ0v) is 21.1. The van der Waals surface area contributed by atoms with Gasteiger partial charge in [0, 0.05) is 0 Å². The number of rotatable bonds is 12. The molecule has 0 spiro atoms. The van der Waals surface area contributed by atoms with Crippen LogP contribution >= 0.6 is 0 Å². The van der Waals surface area contributed by atoms with Gasteiger partial charge in [-0.1, -0.05) is 72.8 Å². The molecule has 0 aliphatic heterocycles. The number of alkyl halides is 3. The molecule has 1 saturated carbocycles. The van der Waals surface area contributed by atoms with Crippen LogP contribution in [0.4, 0.5) is 13.2 Å². The average molecular weight is 485 g/mol. The van der Waals surface area contributed by atoms with Crippen LogP contribution in [-0.2, 0) is 17.8 Å². The van der Waals surface area contributed by atoms with Crippen LogP contribution in [0.25, 0.3) is 0 Å². The SMILES string of the molecule is CC=CCCc1ccc(C(F)C(F)(F)OCc2ccc(C3CCC(CCC=CC)CC3)cc2)cc1. The van der Waals surface area contributed by atoms with E-state index in [0.717, 1.165) is 30.7 Å². The number of halogens is 3. The van der Waals surface area contributed by atoms with Crippen molar-refractivity contribution >= 4 is 0 Å². The van der Waals surface area contributed by atoms with Crippen LogP contribution in [0.3, 0.4) is 0 Å². The molecule has 190 valence electrons. The zero-order chi connectivity index (χ0) is 25.1. The van der Waals surface area contributed by atoms with E-state index in [0.29, 0.717) is 11.5 Å². The normalized spacial score (nSPS) is 20.0. The lowest BCUT2D eigenvalue weighted by Gasteiger charge is -2.28. The van der Waals surface area contributed by atoms with E-state index in [4.69, 9.17) is 4.74 Å². The van der Waals surface area contributed by atoms with Gasteiger partial charge in [0.15, 0.2) is 0 Å².